The molecule has 0 saturated carbocycles. The van der Waals surface area contributed by atoms with E-state index in [1.54, 1.807) is 24.3 Å². The highest BCUT2D eigenvalue weighted by Crippen LogP contribution is 2.36. The summed E-state index contributed by atoms with van der Waals surface area (Å²) in [5.74, 6) is 0.250. The zero-order valence-corrected chi connectivity index (χ0v) is 16.6. The third kappa shape index (κ3) is 4.40. The van der Waals surface area contributed by atoms with Gasteiger partial charge in [-0.15, -0.1) is 0 Å². The summed E-state index contributed by atoms with van der Waals surface area (Å²) >= 11 is 5.94. The number of esters is 1. The Hall–Kier alpha value is -0.330. The number of halogens is 2. The van der Waals surface area contributed by atoms with Crippen molar-refractivity contribution in [2.24, 2.45) is 5.92 Å². The smallest absolute Gasteiger partial charge is 0.338 e. The van der Waals surface area contributed by atoms with Crippen molar-refractivity contribution in [1.29, 1.82) is 0 Å². The molecule has 2 heterocycles. The number of quaternary nitrogens is 1. The number of carbonyl (C=O) groups is 1. The molecule has 0 amide bonds. The first-order valence-corrected chi connectivity index (χ1v) is 8.73. The van der Waals surface area contributed by atoms with Gasteiger partial charge in [0.1, 0.15) is 6.61 Å². The predicted octanol–water partition coefficient (Wildman–Crippen LogP) is 0.910. The molecule has 2 saturated heterocycles. The van der Waals surface area contributed by atoms with Crippen LogP contribution in [0.3, 0.4) is 0 Å². The van der Waals surface area contributed by atoms with E-state index in [0.717, 1.165) is 0 Å². The van der Waals surface area contributed by atoms with E-state index in [2.05, 4.69) is 7.05 Å². The maximum Gasteiger partial charge on any atom is 0.338 e. The summed E-state index contributed by atoms with van der Waals surface area (Å²) in [6, 6.07) is 7.65. The Labute approximate surface area is 160 Å². The van der Waals surface area contributed by atoms with Gasteiger partial charge in [-0.2, -0.15) is 0 Å². The van der Waals surface area contributed by atoms with Gasteiger partial charge in [0.05, 0.1) is 31.7 Å². The molecule has 2 aliphatic rings. The lowest BCUT2D eigenvalue weighted by molar-refractivity contribution is -0.947. The van der Waals surface area contributed by atoms with Crippen molar-refractivity contribution >= 4 is 17.6 Å². The maximum atomic E-state index is 12.2. The first-order valence-electron chi connectivity index (χ1n) is 8.35. The number of ether oxygens (including phenoxy) is 1. The van der Waals surface area contributed by atoms with Gasteiger partial charge in [0.2, 0.25) is 0 Å². The van der Waals surface area contributed by atoms with Crippen molar-refractivity contribution in [2.75, 3.05) is 26.7 Å². The molecule has 0 radical (unpaired) electrons. The van der Waals surface area contributed by atoms with Crippen LogP contribution in [-0.2, 0) is 4.74 Å². The van der Waals surface area contributed by atoms with Crippen LogP contribution in [0.2, 0.25) is 5.02 Å². The second-order valence-electron chi connectivity index (χ2n) is 7.00. The largest absolute Gasteiger partial charge is 1.00 e. The minimum absolute atomic E-state index is 0. The van der Waals surface area contributed by atoms with E-state index in [0.29, 0.717) is 29.2 Å². The van der Waals surface area contributed by atoms with Gasteiger partial charge in [-0.25, -0.2) is 4.79 Å². The van der Waals surface area contributed by atoms with Gasteiger partial charge >= 0.3 is 5.97 Å². The molecule has 3 rings (SSSR count). The van der Waals surface area contributed by atoms with Gasteiger partial charge in [-0.3, -0.25) is 0 Å². The van der Waals surface area contributed by atoms with Crippen LogP contribution in [0.1, 0.15) is 42.5 Å². The summed E-state index contributed by atoms with van der Waals surface area (Å²) in [6.07, 6.45) is 6.35. The van der Waals surface area contributed by atoms with E-state index in [1.165, 1.54) is 49.7 Å². The Morgan fingerprint density at radius 2 is 2.04 bits per heavy atom. The average molecular weight is 450 g/mol. The fraction of sp³-hybridized carbons (Fsp3) is 0.611. The first kappa shape index (κ1) is 19.0. The molecule has 3 atom stereocenters. The van der Waals surface area contributed by atoms with Gasteiger partial charge < -0.3 is 33.2 Å². The lowest BCUT2D eigenvalue weighted by atomic mass is 9.82. The van der Waals surface area contributed by atoms with Gasteiger partial charge in [-0.1, -0.05) is 17.7 Å². The predicted molar refractivity (Wildman–Crippen MR) is 88.0 cm³/mol. The standard InChI is InChI=1S/C18H25ClNO2.HI/c1-20-10-3-2-9-17(20)15(7-5-11-20)13-22-18(21)14-6-4-8-16(19)12-14;/h4,6,8,12,15,17H,2-3,5,7,9-11,13H2,1H3;1H/q+1;/p-1/t15-,17+,20?;/m1./s1. The molecule has 1 aromatic carbocycles. The second-order valence-corrected chi connectivity index (χ2v) is 7.44. The summed E-state index contributed by atoms with van der Waals surface area (Å²) in [5.41, 5.74) is 0.546. The molecule has 3 nitrogen and oxygen atoms in total. The molecule has 2 aliphatic heterocycles. The molecular formula is C18H25ClINO2. The van der Waals surface area contributed by atoms with E-state index in [1.807, 2.05) is 0 Å². The van der Waals surface area contributed by atoms with Crippen molar-refractivity contribution in [3.05, 3.63) is 34.9 Å². The number of rotatable bonds is 3. The molecular weight excluding hydrogens is 425 g/mol. The monoisotopic (exact) mass is 449 g/mol. The Balaban J connectivity index is 0.00000192. The van der Waals surface area contributed by atoms with Gasteiger partial charge in [0.15, 0.2) is 0 Å². The van der Waals surface area contributed by atoms with Crippen molar-refractivity contribution in [2.45, 2.75) is 38.1 Å². The Kier molecular flexibility index (Phi) is 6.75. The SMILES string of the molecule is C[N+]12CCCC[C@H]1[C@@H](COC(=O)c1cccc(Cl)c1)CCC2.[I-]. The molecule has 1 aromatic rings. The average Bonchev–Trinajstić information content (AvgIpc) is 2.51. The number of hydrogen-bond acceptors (Lipinski definition) is 2. The summed E-state index contributed by atoms with van der Waals surface area (Å²) in [6.45, 7) is 3.11. The minimum atomic E-state index is -0.252. The van der Waals surface area contributed by atoms with Crippen LogP contribution in [0.4, 0.5) is 0 Å². The van der Waals surface area contributed by atoms with Gasteiger partial charge in [0.25, 0.3) is 0 Å². The number of fused-ring (bicyclic) bond motifs is 1. The Bertz CT molecular complexity index is 550. The summed E-state index contributed by atoms with van der Waals surface area (Å²) in [7, 11) is 2.38. The van der Waals surface area contributed by atoms with Crippen molar-refractivity contribution in [3.63, 3.8) is 0 Å². The van der Waals surface area contributed by atoms with E-state index >= 15 is 0 Å². The Morgan fingerprint density at radius 1 is 1.26 bits per heavy atom. The molecule has 128 valence electrons. The van der Waals surface area contributed by atoms with Gasteiger partial charge in [-0.05, 0) is 43.9 Å². The zero-order valence-electron chi connectivity index (χ0n) is 13.6. The molecule has 5 heteroatoms. The first-order chi connectivity index (χ1) is 10.6. The van der Waals surface area contributed by atoms with Crippen LogP contribution in [0.5, 0.6) is 0 Å². The van der Waals surface area contributed by atoms with E-state index in [-0.39, 0.29) is 29.9 Å². The van der Waals surface area contributed by atoms with Crippen molar-refractivity contribution in [3.8, 4) is 0 Å². The highest BCUT2D eigenvalue weighted by atomic mass is 127. The highest BCUT2D eigenvalue weighted by molar-refractivity contribution is 6.30. The van der Waals surface area contributed by atoms with Crippen LogP contribution in [0.15, 0.2) is 24.3 Å². The molecule has 0 spiro atoms. The third-order valence-corrected chi connectivity index (χ3v) is 5.73. The number of carbonyl (C=O) groups excluding carboxylic acids is 1. The third-order valence-electron chi connectivity index (χ3n) is 5.50. The van der Waals surface area contributed by atoms with Crippen LogP contribution < -0.4 is 24.0 Å². The Morgan fingerprint density at radius 3 is 2.83 bits per heavy atom. The molecule has 0 N–H and O–H groups in total. The molecule has 1 unspecified atom stereocenters. The van der Waals surface area contributed by atoms with Crippen LogP contribution >= 0.6 is 11.6 Å². The number of piperidine rings is 2. The van der Waals surface area contributed by atoms with E-state index in [4.69, 9.17) is 16.3 Å². The van der Waals surface area contributed by atoms with Gasteiger partial charge in [0, 0.05) is 17.4 Å². The molecule has 0 bridgehead atoms. The fourth-order valence-electron chi connectivity index (χ4n) is 4.31. The quantitative estimate of drug-likeness (QED) is 0.390. The highest BCUT2D eigenvalue weighted by Gasteiger charge is 2.43. The van der Waals surface area contributed by atoms with E-state index < -0.39 is 0 Å². The van der Waals surface area contributed by atoms with Crippen LogP contribution in [-0.4, -0.2) is 43.2 Å². The van der Waals surface area contributed by atoms with Crippen LogP contribution in [0.25, 0.3) is 0 Å². The number of nitrogens with zero attached hydrogens (tertiary/aromatic N) is 1. The lowest BCUT2D eigenvalue weighted by Gasteiger charge is -2.51. The summed E-state index contributed by atoms with van der Waals surface area (Å²) in [5, 5.41) is 0.573. The molecule has 2 fully saturated rings. The fourth-order valence-corrected chi connectivity index (χ4v) is 4.50. The molecule has 0 aliphatic carbocycles. The summed E-state index contributed by atoms with van der Waals surface area (Å²) in [4.78, 5) is 12.2. The minimum Gasteiger partial charge on any atom is -1.00 e. The summed E-state index contributed by atoms with van der Waals surface area (Å²) < 4.78 is 6.79. The zero-order chi connectivity index (χ0) is 15.6. The normalized spacial score (nSPS) is 30.0. The molecule has 23 heavy (non-hydrogen) atoms. The van der Waals surface area contributed by atoms with Crippen molar-refractivity contribution < 1.29 is 38.0 Å². The topological polar surface area (TPSA) is 26.3 Å². The second kappa shape index (κ2) is 8.17. The maximum absolute atomic E-state index is 12.2. The lowest BCUT2D eigenvalue weighted by Crippen LogP contribution is -3.00. The number of benzene rings is 1. The van der Waals surface area contributed by atoms with E-state index in [9.17, 15) is 4.79 Å². The van der Waals surface area contributed by atoms with Crippen LogP contribution in [0, 0.1) is 5.92 Å². The molecule has 0 aromatic heterocycles. The number of hydrogen-bond donors (Lipinski definition) is 0. The van der Waals surface area contributed by atoms with Crippen molar-refractivity contribution in [1.82, 2.24) is 0 Å².